The van der Waals surface area contributed by atoms with E-state index in [1.807, 2.05) is 0 Å². The van der Waals surface area contributed by atoms with Crippen molar-refractivity contribution in [3.8, 4) is 22.8 Å². The molecule has 1 N–H and O–H groups in total. The molecule has 6 nitrogen and oxygen atoms in total. The number of aromatic nitrogens is 1. The molecule has 0 radical (unpaired) electrons. The number of nitrogens with zero attached hydrogens (tertiary/aromatic N) is 1. The zero-order valence-corrected chi connectivity index (χ0v) is 12.2. The quantitative estimate of drug-likeness (QED) is 0.903. The van der Waals surface area contributed by atoms with Gasteiger partial charge in [-0.25, -0.2) is 4.79 Å². The number of carbonyl (C=O) groups is 1. The van der Waals surface area contributed by atoms with Gasteiger partial charge >= 0.3 is 5.97 Å². The van der Waals surface area contributed by atoms with Gasteiger partial charge in [-0.1, -0.05) is 5.16 Å². The fraction of sp³-hybridized carbons (Fsp3) is 0.231. The van der Waals surface area contributed by atoms with Crippen molar-refractivity contribution in [3.05, 3.63) is 28.4 Å². The van der Waals surface area contributed by atoms with E-state index in [0.29, 0.717) is 27.2 Å². The molecule has 1 aliphatic heterocycles. The van der Waals surface area contributed by atoms with E-state index in [0.717, 1.165) is 0 Å². The maximum atomic E-state index is 10.8. The topological polar surface area (TPSA) is 81.8 Å². The lowest BCUT2D eigenvalue weighted by molar-refractivity contribution is -0.0431. The van der Waals surface area contributed by atoms with E-state index in [1.165, 1.54) is 6.07 Å². The molecule has 3 rings (SSSR count). The van der Waals surface area contributed by atoms with E-state index in [2.05, 4.69) is 21.1 Å². The number of aromatic carboxylic acids is 1. The average Bonchev–Trinajstić information content (AvgIpc) is 2.90. The van der Waals surface area contributed by atoms with Crippen molar-refractivity contribution >= 4 is 21.9 Å². The smallest absolute Gasteiger partial charge is 0.374 e. The summed E-state index contributed by atoms with van der Waals surface area (Å²) in [6.07, 6.45) is 0. The lowest BCUT2D eigenvalue weighted by Crippen LogP contribution is -2.29. The third-order valence-electron chi connectivity index (χ3n) is 2.74. The number of halogens is 1. The predicted molar refractivity (Wildman–Crippen MR) is 71.9 cm³/mol. The van der Waals surface area contributed by atoms with E-state index >= 15 is 0 Å². The molecule has 2 heterocycles. The first-order chi connectivity index (χ1) is 9.35. The zero-order chi connectivity index (χ0) is 14.5. The molecular formula is C13H10BrNO5. The Balaban J connectivity index is 2.05. The fourth-order valence-electron chi connectivity index (χ4n) is 1.94. The lowest BCUT2D eigenvalue weighted by Gasteiger charge is -2.16. The van der Waals surface area contributed by atoms with Gasteiger partial charge in [-0.2, -0.15) is 0 Å². The summed E-state index contributed by atoms with van der Waals surface area (Å²) in [4.78, 5) is 10.8. The first kappa shape index (κ1) is 13.0. The molecule has 0 atom stereocenters. The highest BCUT2D eigenvalue weighted by molar-refractivity contribution is 9.10. The Bertz CT molecular complexity index is 707. The molecule has 20 heavy (non-hydrogen) atoms. The Morgan fingerprint density at radius 1 is 1.25 bits per heavy atom. The molecule has 7 heteroatoms. The van der Waals surface area contributed by atoms with Crippen LogP contribution in [0.1, 0.15) is 24.4 Å². The molecule has 0 amide bonds. The summed E-state index contributed by atoms with van der Waals surface area (Å²) in [5, 5.41) is 12.6. The van der Waals surface area contributed by atoms with Crippen molar-refractivity contribution in [2.24, 2.45) is 0 Å². The second kappa shape index (κ2) is 4.24. The van der Waals surface area contributed by atoms with E-state index in [-0.39, 0.29) is 5.76 Å². The van der Waals surface area contributed by atoms with Gasteiger partial charge in [-0.05, 0) is 28.1 Å². The normalized spacial score (nSPS) is 15.3. The second-order valence-corrected chi connectivity index (χ2v) is 5.62. The van der Waals surface area contributed by atoms with Crippen molar-refractivity contribution in [1.29, 1.82) is 0 Å². The van der Waals surface area contributed by atoms with Crippen molar-refractivity contribution in [2.45, 2.75) is 19.6 Å². The molecule has 1 aliphatic rings. The van der Waals surface area contributed by atoms with Gasteiger partial charge in [-0.15, -0.1) is 0 Å². The lowest BCUT2D eigenvalue weighted by atomic mass is 10.1. The van der Waals surface area contributed by atoms with Gasteiger partial charge in [0.25, 0.3) is 0 Å². The number of rotatable bonds is 2. The first-order valence-electron chi connectivity index (χ1n) is 5.78. The van der Waals surface area contributed by atoms with Gasteiger partial charge in [0.1, 0.15) is 5.69 Å². The Labute approximate surface area is 122 Å². The predicted octanol–water partition coefficient (Wildman–Crippen LogP) is 3.31. The minimum absolute atomic E-state index is 0.218. The van der Waals surface area contributed by atoms with Gasteiger partial charge in [0.05, 0.1) is 0 Å². The number of benzene rings is 1. The highest BCUT2D eigenvalue weighted by Gasteiger charge is 2.32. The van der Waals surface area contributed by atoms with E-state index < -0.39 is 11.8 Å². The van der Waals surface area contributed by atoms with Gasteiger partial charge in [0.15, 0.2) is 11.5 Å². The monoisotopic (exact) mass is 339 g/mol. The largest absolute Gasteiger partial charge is 0.475 e. The summed E-state index contributed by atoms with van der Waals surface area (Å²) in [6.45, 7) is 3.61. The van der Waals surface area contributed by atoms with Crippen LogP contribution >= 0.6 is 15.9 Å². The summed E-state index contributed by atoms with van der Waals surface area (Å²) in [7, 11) is 0. The number of hydrogen-bond donors (Lipinski definition) is 1. The van der Waals surface area contributed by atoms with E-state index in [1.54, 1.807) is 26.0 Å². The van der Waals surface area contributed by atoms with Crippen LogP contribution in [0.15, 0.2) is 27.2 Å². The molecule has 0 fully saturated rings. The van der Waals surface area contributed by atoms with Crippen LogP contribution in [0.25, 0.3) is 11.3 Å². The van der Waals surface area contributed by atoms with Gasteiger partial charge in [0, 0.05) is 30.0 Å². The molecule has 0 spiro atoms. The van der Waals surface area contributed by atoms with E-state index in [9.17, 15) is 4.79 Å². The minimum Gasteiger partial charge on any atom is -0.475 e. The minimum atomic E-state index is -1.17. The highest BCUT2D eigenvalue weighted by Crippen LogP contribution is 2.44. The van der Waals surface area contributed by atoms with Crippen LogP contribution in [0.4, 0.5) is 0 Å². The Morgan fingerprint density at radius 3 is 2.50 bits per heavy atom. The molecule has 0 bridgehead atoms. The van der Waals surface area contributed by atoms with Crippen LogP contribution in [0.5, 0.6) is 11.5 Å². The molecule has 0 saturated carbocycles. The average molecular weight is 340 g/mol. The van der Waals surface area contributed by atoms with Crippen LogP contribution in [0, 0.1) is 0 Å². The molecule has 0 unspecified atom stereocenters. The SMILES string of the molecule is CC1(C)Oc2cc(Br)c(-c3cc(C(=O)O)on3)cc2O1. The second-order valence-electron chi connectivity index (χ2n) is 4.76. The first-order valence-corrected chi connectivity index (χ1v) is 6.57. The molecule has 0 aliphatic carbocycles. The number of carboxylic acid groups (broad SMARTS) is 1. The summed E-state index contributed by atoms with van der Waals surface area (Å²) < 4.78 is 16.7. The summed E-state index contributed by atoms with van der Waals surface area (Å²) in [5.41, 5.74) is 1.08. The van der Waals surface area contributed by atoms with Crippen LogP contribution in [0.3, 0.4) is 0 Å². The standard InChI is InChI=1S/C13H10BrNO5/c1-13(2)18-9-3-6(7(14)4-10(9)19-13)8-5-11(12(16)17)20-15-8/h3-5H,1-2H3,(H,16,17). The molecule has 104 valence electrons. The third-order valence-corrected chi connectivity index (χ3v) is 3.40. The third kappa shape index (κ3) is 2.14. The maximum absolute atomic E-state index is 10.8. The summed E-state index contributed by atoms with van der Waals surface area (Å²) in [6, 6.07) is 4.85. The van der Waals surface area contributed by atoms with Crippen LogP contribution in [-0.2, 0) is 0 Å². The number of hydrogen-bond acceptors (Lipinski definition) is 5. The summed E-state index contributed by atoms with van der Waals surface area (Å²) >= 11 is 3.41. The fourth-order valence-corrected chi connectivity index (χ4v) is 2.47. The van der Waals surface area contributed by atoms with Crippen LogP contribution < -0.4 is 9.47 Å². The highest BCUT2D eigenvalue weighted by atomic mass is 79.9. The van der Waals surface area contributed by atoms with Crippen molar-refractivity contribution in [3.63, 3.8) is 0 Å². The zero-order valence-electron chi connectivity index (χ0n) is 10.6. The van der Waals surface area contributed by atoms with Gasteiger partial charge in [0.2, 0.25) is 11.5 Å². The van der Waals surface area contributed by atoms with Crippen LogP contribution in [0.2, 0.25) is 0 Å². The number of ether oxygens (including phenoxy) is 2. The molecule has 2 aromatic rings. The Hall–Kier alpha value is -2.02. The van der Waals surface area contributed by atoms with Crippen molar-refractivity contribution < 1.29 is 23.9 Å². The van der Waals surface area contributed by atoms with Gasteiger partial charge < -0.3 is 19.1 Å². The Kier molecular flexibility index (Phi) is 2.75. The molecular weight excluding hydrogens is 330 g/mol. The van der Waals surface area contributed by atoms with E-state index in [4.69, 9.17) is 19.1 Å². The van der Waals surface area contributed by atoms with Crippen molar-refractivity contribution in [1.82, 2.24) is 5.16 Å². The molecule has 0 saturated heterocycles. The molecule has 1 aromatic heterocycles. The maximum Gasteiger partial charge on any atom is 0.374 e. The summed E-state index contributed by atoms with van der Waals surface area (Å²) in [5.74, 6) is -0.913. The molecule has 1 aromatic carbocycles. The number of carboxylic acids is 1. The Morgan fingerprint density at radius 2 is 1.90 bits per heavy atom. The van der Waals surface area contributed by atoms with Crippen LogP contribution in [-0.4, -0.2) is 22.0 Å². The number of fused-ring (bicyclic) bond motifs is 1. The van der Waals surface area contributed by atoms with Crippen molar-refractivity contribution in [2.75, 3.05) is 0 Å². The van der Waals surface area contributed by atoms with Gasteiger partial charge in [-0.3, -0.25) is 0 Å².